The summed E-state index contributed by atoms with van der Waals surface area (Å²) in [6.07, 6.45) is 2.79. The third-order valence-corrected chi connectivity index (χ3v) is 7.95. The summed E-state index contributed by atoms with van der Waals surface area (Å²) in [5.41, 5.74) is 2.42. The summed E-state index contributed by atoms with van der Waals surface area (Å²) in [5, 5.41) is 0. The molecule has 2 saturated heterocycles. The molecule has 1 aromatic carbocycles. The van der Waals surface area contributed by atoms with Gasteiger partial charge in [0, 0.05) is 37.9 Å². The highest BCUT2D eigenvalue weighted by molar-refractivity contribution is 8.45. The smallest absolute Gasteiger partial charge is 0.310 e. The minimum Gasteiger partial charge on any atom is -0.368 e. The lowest BCUT2D eigenvalue weighted by molar-refractivity contribution is -0.0249. The predicted molar refractivity (Wildman–Crippen MR) is 126 cm³/mol. The summed E-state index contributed by atoms with van der Waals surface area (Å²) in [7, 11) is -7.75. The number of fused-ring (bicyclic) bond motifs is 1. The fourth-order valence-corrected chi connectivity index (χ4v) is 5.47. The number of rotatable bonds is 4. The number of imidazole rings is 1. The van der Waals surface area contributed by atoms with E-state index in [9.17, 15) is 24.2 Å². The molecular weight excluding hydrogens is 505 g/mol. The van der Waals surface area contributed by atoms with E-state index in [2.05, 4.69) is 19.9 Å². The number of pyridine rings is 1. The Labute approximate surface area is 204 Å². The number of likely N-dealkylation sites (N-methyl/N-ethyl adjacent to an activating group) is 1. The monoisotopic (exact) mass is 531 g/mol. The highest BCUT2D eigenvalue weighted by Gasteiger charge is 2.65. The van der Waals surface area contributed by atoms with E-state index in [1.54, 1.807) is 6.20 Å². The zero-order valence-corrected chi connectivity index (χ0v) is 20.3. The second-order valence-corrected chi connectivity index (χ2v) is 11.8. The Morgan fingerprint density at radius 1 is 1.06 bits per heavy atom. The molecule has 1 amide bonds. The zero-order valence-electron chi connectivity index (χ0n) is 19.5. The average Bonchev–Trinajstić information content (AvgIpc) is 3.27. The molecule has 1 unspecified atom stereocenters. The lowest BCUT2D eigenvalue weighted by Crippen LogP contribution is -2.38. The Morgan fingerprint density at radius 3 is 2.39 bits per heavy atom. The predicted octanol–water partition coefficient (Wildman–Crippen LogP) is 5.64. The van der Waals surface area contributed by atoms with Crippen LogP contribution in [0.15, 0.2) is 41.4 Å². The van der Waals surface area contributed by atoms with E-state index in [0.717, 1.165) is 42.1 Å². The van der Waals surface area contributed by atoms with Crippen molar-refractivity contribution in [3.05, 3.63) is 53.5 Å². The number of hydrogen-bond donors (Lipinski definition) is 1. The summed E-state index contributed by atoms with van der Waals surface area (Å²) < 4.78 is 70.7. The van der Waals surface area contributed by atoms with E-state index in [1.807, 2.05) is 13.1 Å². The molecule has 2 fully saturated rings. The standard InChI is InChI=1S/C23H26F5N5O2S/c1-32-12-13-35-19(14-32)21-30-20-18(6-9-29-22(20)31-21)15-7-10-33(11-8-15)23(34)16-2-4-17(5-3-16)36(24,25,26,27)28/h2-6,9,15,19H,7-8,10-14H2,1H3,(H,29,30,31). The van der Waals surface area contributed by atoms with Gasteiger partial charge < -0.3 is 19.5 Å². The first-order valence-corrected chi connectivity index (χ1v) is 13.5. The van der Waals surface area contributed by atoms with Gasteiger partial charge in [0.25, 0.3) is 5.91 Å². The summed E-state index contributed by atoms with van der Waals surface area (Å²) in [6, 6.07) is 4.10. The molecule has 5 rings (SSSR count). The molecule has 196 valence electrons. The van der Waals surface area contributed by atoms with Crippen LogP contribution in [0.3, 0.4) is 0 Å². The number of amides is 1. The molecular formula is C23H26F5N5O2S. The number of carbonyl (C=O) groups is 1. The maximum atomic E-state index is 13.0. The number of aromatic nitrogens is 3. The molecule has 1 N–H and O–H groups in total. The molecule has 13 heteroatoms. The number of nitrogens with zero attached hydrogens (tertiary/aromatic N) is 4. The number of nitrogens with one attached hydrogen (secondary N) is 1. The lowest BCUT2D eigenvalue weighted by atomic mass is 9.89. The Bertz CT molecular complexity index is 1290. The van der Waals surface area contributed by atoms with Gasteiger partial charge in [-0.05, 0) is 61.7 Å². The molecule has 0 aliphatic carbocycles. The summed E-state index contributed by atoms with van der Waals surface area (Å²) in [5.74, 6) is 0.363. The highest BCUT2D eigenvalue weighted by Crippen LogP contribution is 3.02. The van der Waals surface area contributed by atoms with Crippen LogP contribution in [0, 0.1) is 0 Å². The van der Waals surface area contributed by atoms with Gasteiger partial charge in [0.15, 0.2) is 5.65 Å². The van der Waals surface area contributed by atoms with Crippen LogP contribution in [0.2, 0.25) is 0 Å². The molecule has 2 aliphatic rings. The Kier molecular flexibility index (Phi) is 5.62. The van der Waals surface area contributed by atoms with Gasteiger partial charge >= 0.3 is 10.2 Å². The number of H-pyrrole nitrogens is 1. The van der Waals surface area contributed by atoms with Crippen LogP contribution in [-0.2, 0) is 4.74 Å². The molecule has 1 atom stereocenters. The Balaban J connectivity index is 1.28. The van der Waals surface area contributed by atoms with Crippen LogP contribution in [0.1, 0.15) is 46.6 Å². The molecule has 7 nitrogen and oxygen atoms in total. The van der Waals surface area contributed by atoms with Crippen molar-refractivity contribution in [1.82, 2.24) is 24.8 Å². The number of morpholine rings is 1. The number of piperidine rings is 1. The zero-order chi connectivity index (χ0) is 25.8. The molecule has 0 radical (unpaired) electrons. The van der Waals surface area contributed by atoms with Crippen molar-refractivity contribution in [2.45, 2.75) is 29.8 Å². The third-order valence-electron chi connectivity index (χ3n) is 6.79. The normalized spacial score (nSPS) is 22.4. The van der Waals surface area contributed by atoms with Crippen LogP contribution in [0.4, 0.5) is 19.4 Å². The van der Waals surface area contributed by atoms with Crippen LogP contribution in [0.5, 0.6) is 0 Å². The van der Waals surface area contributed by atoms with Gasteiger partial charge in [0.05, 0.1) is 12.1 Å². The van der Waals surface area contributed by atoms with Crippen LogP contribution in [-0.4, -0.2) is 70.5 Å². The van der Waals surface area contributed by atoms with E-state index < -0.39 is 21.0 Å². The van der Waals surface area contributed by atoms with E-state index in [0.29, 0.717) is 38.2 Å². The number of benzene rings is 1. The van der Waals surface area contributed by atoms with Crippen LogP contribution in [0.25, 0.3) is 11.2 Å². The fourth-order valence-electron chi connectivity index (χ4n) is 4.81. The molecule has 0 bridgehead atoms. The Hall–Kier alpha value is -2.77. The van der Waals surface area contributed by atoms with Crippen LogP contribution >= 0.6 is 10.2 Å². The molecule has 0 spiro atoms. The summed E-state index contributed by atoms with van der Waals surface area (Å²) in [4.78, 5) is 26.9. The van der Waals surface area contributed by atoms with Crippen molar-refractivity contribution >= 4 is 27.3 Å². The molecule has 0 saturated carbocycles. The van der Waals surface area contributed by atoms with Crippen molar-refractivity contribution < 1.29 is 29.0 Å². The van der Waals surface area contributed by atoms with E-state index in [-0.39, 0.29) is 29.7 Å². The number of likely N-dealkylation sites (tertiary alicyclic amines) is 1. The van der Waals surface area contributed by atoms with E-state index >= 15 is 0 Å². The van der Waals surface area contributed by atoms with Gasteiger partial charge in [0.1, 0.15) is 16.8 Å². The Morgan fingerprint density at radius 2 is 1.75 bits per heavy atom. The van der Waals surface area contributed by atoms with E-state index in [1.165, 1.54) is 4.90 Å². The fraction of sp³-hybridized carbons (Fsp3) is 0.435. The molecule has 4 heterocycles. The second kappa shape index (κ2) is 8.12. The number of hydrogen-bond acceptors (Lipinski definition) is 5. The minimum atomic E-state index is -9.77. The molecule has 2 aromatic heterocycles. The van der Waals surface area contributed by atoms with Gasteiger partial charge in [-0.3, -0.25) is 4.79 Å². The van der Waals surface area contributed by atoms with Crippen molar-refractivity contribution in [3.8, 4) is 0 Å². The summed E-state index contributed by atoms with van der Waals surface area (Å²) >= 11 is 0. The number of ether oxygens (including phenoxy) is 1. The van der Waals surface area contributed by atoms with Crippen molar-refractivity contribution in [2.24, 2.45) is 0 Å². The van der Waals surface area contributed by atoms with Crippen molar-refractivity contribution in [2.75, 3.05) is 39.8 Å². The first-order valence-electron chi connectivity index (χ1n) is 11.6. The third kappa shape index (κ3) is 5.04. The highest BCUT2D eigenvalue weighted by atomic mass is 32.5. The topological polar surface area (TPSA) is 74.3 Å². The lowest BCUT2D eigenvalue weighted by Gasteiger charge is -2.40. The van der Waals surface area contributed by atoms with Gasteiger partial charge in [-0.1, -0.05) is 19.4 Å². The van der Waals surface area contributed by atoms with Gasteiger partial charge in [-0.15, -0.1) is 0 Å². The maximum Gasteiger partial charge on any atom is 0.310 e. The quantitative estimate of drug-likeness (QED) is 0.441. The summed E-state index contributed by atoms with van der Waals surface area (Å²) in [6.45, 7) is 2.96. The number of aromatic amines is 1. The molecule has 3 aromatic rings. The van der Waals surface area contributed by atoms with Crippen molar-refractivity contribution in [1.29, 1.82) is 0 Å². The molecule has 36 heavy (non-hydrogen) atoms. The second-order valence-electron chi connectivity index (χ2n) is 9.40. The van der Waals surface area contributed by atoms with Crippen molar-refractivity contribution in [3.63, 3.8) is 0 Å². The first-order chi connectivity index (χ1) is 16.8. The van der Waals surface area contributed by atoms with Gasteiger partial charge in [-0.25, -0.2) is 9.97 Å². The van der Waals surface area contributed by atoms with E-state index in [4.69, 9.17) is 4.74 Å². The van der Waals surface area contributed by atoms with Gasteiger partial charge in [-0.2, -0.15) is 0 Å². The first kappa shape index (κ1) is 24.9. The maximum absolute atomic E-state index is 13.0. The number of carbonyl (C=O) groups excluding carboxylic acids is 1. The van der Waals surface area contributed by atoms with Crippen LogP contribution < -0.4 is 0 Å². The number of halogens is 5. The molecule has 2 aliphatic heterocycles. The average molecular weight is 532 g/mol. The minimum absolute atomic E-state index is 0.0546. The SMILES string of the molecule is CN1CCOC(c2nc3nccc(C4CCN(C(=O)c5ccc(S(F)(F)(F)(F)F)cc5)CC4)c3[nH]2)C1. The van der Waals surface area contributed by atoms with Gasteiger partial charge in [0.2, 0.25) is 0 Å². The largest absolute Gasteiger partial charge is 0.368 e.